The standard InChI is InChI=1S/C13H16FN3S/c1-15-7-11-3-5-16-13(12(11)14)17(2)8-10-4-6-18-9-10/h3-6,9,15H,7-8H2,1-2H3. The highest BCUT2D eigenvalue weighted by Crippen LogP contribution is 2.20. The molecule has 0 spiro atoms. The highest BCUT2D eigenvalue weighted by molar-refractivity contribution is 7.07. The van der Waals surface area contributed by atoms with Crippen molar-refractivity contribution in [2.24, 2.45) is 0 Å². The van der Waals surface area contributed by atoms with Crippen molar-refractivity contribution in [1.29, 1.82) is 0 Å². The Morgan fingerprint density at radius 2 is 2.28 bits per heavy atom. The summed E-state index contributed by atoms with van der Waals surface area (Å²) in [5.74, 6) is 0.151. The number of rotatable bonds is 5. The van der Waals surface area contributed by atoms with Gasteiger partial charge >= 0.3 is 0 Å². The number of hydrogen-bond acceptors (Lipinski definition) is 4. The molecular formula is C13H16FN3S. The Bertz CT molecular complexity index is 499. The van der Waals surface area contributed by atoms with E-state index in [4.69, 9.17) is 0 Å². The Balaban J connectivity index is 2.19. The summed E-state index contributed by atoms with van der Waals surface area (Å²) in [6, 6.07) is 3.74. The number of aromatic nitrogens is 1. The molecule has 0 aliphatic heterocycles. The summed E-state index contributed by atoms with van der Waals surface area (Å²) in [7, 11) is 3.65. The third-order valence-corrected chi connectivity index (χ3v) is 3.41. The molecule has 0 atom stereocenters. The first-order chi connectivity index (χ1) is 8.72. The molecule has 0 aromatic carbocycles. The molecule has 0 aliphatic carbocycles. The van der Waals surface area contributed by atoms with Gasteiger partial charge < -0.3 is 10.2 Å². The molecule has 0 saturated carbocycles. The van der Waals surface area contributed by atoms with Crippen LogP contribution in [0.15, 0.2) is 29.1 Å². The van der Waals surface area contributed by atoms with E-state index in [2.05, 4.69) is 15.7 Å². The van der Waals surface area contributed by atoms with E-state index in [0.717, 1.165) is 0 Å². The zero-order valence-electron chi connectivity index (χ0n) is 10.5. The van der Waals surface area contributed by atoms with Crippen molar-refractivity contribution in [1.82, 2.24) is 10.3 Å². The predicted octanol–water partition coefficient (Wildman–Crippen LogP) is 2.64. The molecule has 5 heteroatoms. The van der Waals surface area contributed by atoms with Gasteiger partial charge in [0.2, 0.25) is 0 Å². The van der Waals surface area contributed by atoms with Gasteiger partial charge in [-0.2, -0.15) is 11.3 Å². The highest BCUT2D eigenvalue weighted by Gasteiger charge is 2.13. The molecule has 2 aromatic heterocycles. The predicted molar refractivity (Wildman–Crippen MR) is 73.4 cm³/mol. The van der Waals surface area contributed by atoms with E-state index in [1.54, 1.807) is 30.6 Å². The fourth-order valence-corrected chi connectivity index (χ4v) is 2.46. The minimum atomic E-state index is -0.246. The number of hydrogen-bond donors (Lipinski definition) is 1. The van der Waals surface area contributed by atoms with Gasteiger partial charge in [-0.25, -0.2) is 9.37 Å². The Morgan fingerprint density at radius 3 is 2.94 bits per heavy atom. The minimum Gasteiger partial charge on any atom is -0.353 e. The van der Waals surface area contributed by atoms with Crippen molar-refractivity contribution in [3.8, 4) is 0 Å². The first kappa shape index (κ1) is 13.0. The van der Waals surface area contributed by atoms with Crippen LogP contribution in [0.4, 0.5) is 10.2 Å². The van der Waals surface area contributed by atoms with Gasteiger partial charge in [0.05, 0.1) is 0 Å². The van der Waals surface area contributed by atoms with Gasteiger partial charge in [0.25, 0.3) is 0 Å². The molecule has 96 valence electrons. The van der Waals surface area contributed by atoms with Gasteiger partial charge in [0.15, 0.2) is 11.6 Å². The number of anilines is 1. The quantitative estimate of drug-likeness (QED) is 0.901. The summed E-state index contributed by atoms with van der Waals surface area (Å²) >= 11 is 1.64. The molecule has 3 nitrogen and oxygen atoms in total. The Labute approximate surface area is 110 Å². The van der Waals surface area contributed by atoms with E-state index in [9.17, 15) is 4.39 Å². The molecule has 0 saturated heterocycles. The van der Waals surface area contributed by atoms with Gasteiger partial charge in [-0.3, -0.25) is 0 Å². The molecular weight excluding hydrogens is 249 g/mol. The summed E-state index contributed by atoms with van der Waals surface area (Å²) in [6.45, 7) is 1.17. The van der Waals surface area contributed by atoms with Crippen LogP contribution in [0.3, 0.4) is 0 Å². The van der Waals surface area contributed by atoms with Crippen LogP contribution in [0.1, 0.15) is 11.1 Å². The van der Waals surface area contributed by atoms with Crippen molar-refractivity contribution in [2.45, 2.75) is 13.1 Å². The molecule has 18 heavy (non-hydrogen) atoms. The Hall–Kier alpha value is -1.46. The van der Waals surface area contributed by atoms with E-state index < -0.39 is 0 Å². The highest BCUT2D eigenvalue weighted by atomic mass is 32.1. The molecule has 0 bridgehead atoms. The second-order valence-electron chi connectivity index (χ2n) is 4.13. The van der Waals surface area contributed by atoms with Crippen LogP contribution in [0.25, 0.3) is 0 Å². The molecule has 0 fully saturated rings. The third kappa shape index (κ3) is 2.86. The molecule has 1 N–H and O–H groups in total. The maximum atomic E-state index is 14.2. The van der Waals surface area contributed by atoms with E-state index >= 15 is 0 Å². The molecule has 0 amide bonds. The van der Waals surface area contributed by atoms with Crippen LogP contribution in [-0.2, 0) is 13.1 Å². The smallest absolute Gasteiger partial charge is 0.170 e. The zero-order valence-corrected chi connectivity index (χ0v) is 11.3. The number of halogens is 1. The number of nitrogens with one attached hydrogen (secondary N) is 1. The SMILES string of the molecule is CNCc1ccnc(N(C)Cc2ccsc2)c1F. The van der Waals surface area contributed by atoms with Crippen LogP contribution in [0, 0.1) is 5.82 Å². The zero-order chi connectivity index (χ0) is 13.0. The van der Waals surface area contributed by atoms with Crippen molar-refractivity contribution < 1.29 is 4.39 Å². The first-order valence-corrected chi connectivity index (χ1v) is 6.67. The van der Waals surface area contributed by atoms with Gasteiger partial charge in [-0.1, -0.05) is 0 Å². The lowest BCUT2D eigenvalue weighted by Gasteiger charge is -2.19. The van der Waals surface area contributed by atoms with Crippen LogP contribution in [-0.4, -0.2) is 19.1 Å². The maximum Gasteiger partial charge on any atom is 0.170 e. The average Bonchev–Trinajstić information content (AvgIpc) is 2.85. The van der Waals surface area contributed by atoms with Crippen molar-refractivity contribution in [3.63, 3.8) is 0 Å². The second kappa shape index (κ2) is 5.93. The lowest BCUT2D eigenvalue weighted by atomic mass is 10.2. The minimum absolute atomic E-state index is 0.246. The van der Waals surface area contributed by atoms with Gasteiger partial charge in [-0.05, 0) is 35.5 Å². The first-order valence-electron chi connectivity index (χ1n) is 5.72. The topological polar surface area (TPSA) is 28.2 Å². The summed E-state index contributed by atoms with van der Waals surface area (Å²) in [6.07, 6.45) is 1.65. The largest absolute Gasteiger partial charge is 0.353 e. The number of nitrogens with zero attached hydrogens (tertiary/aromatic N) is 2. The van der Waals surface area contributed by atoms with Crippen LogP contribution in [0.5, 0.6) is 0 Å². The summed E-state index contributed by atoms with van der Waals surface area (Å²) in [5.41, 5.74) is 1.81. The fourth-order valence-electron chi connectivity index (χ4n) is 1.80. The van der Waals surface area contributed by atoms with Crippen molar-refractivity contribution in [2.75, 3.05) is 19.0 Å². The molecule has 2 heterocycles. The molecule has 0 aliphatic rings. The average molecular weight is 265 g/mol. The van der Waals surface area contributed by atoms with Gasteiger partial charge in [-0.15, -0.1) is 0 Å². The molecule has 0 radical (unpaired) electrons. The van der Waals surface area contributed by atoms with E-state index in [1.165, 1.54) is 5.56 Å². The summed E-state index contributed by atoms with van der Waals surface area (Å²) < 4.78 is 14.2. The van der Waals surface area contributed by atoms with E-state index in [-0.39, 0.29) is 5.82 Å². The van der Waals surface area contributed by atoms with Gasteiger partial charge in [0, 0.05) is 31.9 Å². The summed E-state index contributed by atoms with van der Waals surface area (Å²) in [4.78, 5) is 5.96. The monoisotopic (exact) mass is 265 g/mol. The lowest BCUT2D eigenvalue weighted by molar-refractivity contribution is 0.589. The Kier molecular flexibility index (Phi) is 4.28. The normalized spacial score (nSPS) is 10.6. The van der Waals surface area contributed by atoms with Gasteiger partial charge in [0.1, 0.15) is 0 Å². The van der Waals surface area contributed by atoms with Crippen molar-refractivity contribution >= 4 is 17.2 Å². The maximum absolute atomic E-state index is 14.2. The van der Waals surface area contributed by atoms with E-state index in [1.807, 2.05) is 23.4 Å². The molecule has 2 aromatic rings. The fraction of sp³-hybridized carbons (Fsp3) is 0.308. The Morgan fingerprint density at radius 1 is 1.44 bits per heavy atom. The molecule has 0 unspecified atom stereocenters. The summed E-state index contributed by atoms with van der Waals surface area (Å²) in [5, 5.41) is 7.03. The second-order valence-corrected chi connectivity index (χ2v) is 4.91. The van der Waals surface area contributed by atoms with Crippen LogP contribution in [0.2, 0.25) is 0 Å². The number of thiophene rings is 1. The van der Waals surface area contributed by atoms with E-state index in [0.29, 0.717) is 24.5 Å². The van der Waals surface area contributed by atoms with Crippen LogP contribution >= 0.6 is 11.3 Å². The van der Waals surface area contributed by atoms with Crippen molar-refractivity contribution in [3.05, 3.63) is 46.0 Å². The number of pyridine rings is 1. The molecule has 2 rings (SSSR count). The third-order valence-electron chi connectivity index (χ3n) is 2.68. The van der Waals surface area contributed by atoms with Crippen LogP contribution < -0.4 is 10.2 Å². The lowest BCUT2D eigenvalue weighted by Crippen LogP contribution is -2.20.